The lowest BCUT2D eigenvalue weighted by atomic mass is 9.86. The van der Waals surface area contributed by atoms with E-state index in [9.17, 15) is 0 Å². The summed E-state index contributed by atoms with van der Waals surface area (Å²) in [6.07, 6.45) is 2.30. The SMILES string of the molecule is CC.CC.CC(C)Cc1ccc(C(C)(C)C)cc1.CC(C)Cc1cccc(Cl)c1. The van der Waals surface area contributed by atoms with Crippen molar-refractivity contribution in [3.63, 3.8) is 0 Å². The van der Waals surface area contributed by atoms with Crippen molar-refractivity contribution in [2.24, 2.45) is 11.8 Å². The third-order valence-corrected chi connectivity index (χ3v) is 4.23. The molecule has 0 aliphatic carbocycles. The average molecular weight is 419 g/mol. The van der Waals surface area contributed by atoms with Crippen LogP contribution < -0.4 is 0 Å². The van der Waals surface area contributed by atoms with Gasteiger partial charge >= 0.3 is 0 Å². The van der Waals surface area contributed by atoms with E-state index < -0.39 is 0 Å². The Labute approximate surface area is 188 Å². The molecule has 0 fully saturated rings. The molecule has 2 rings (SSSR count). The summed E-state index contributed by atoms with van der Waals surface area (Å²) in [5.74, 6) is 1.45. The van der Waals surface area contributed by atoms with Gasteiger partial charge in [0.2, 0.25) is 0 Å². The Morgan fingerprint density at radius 2 is 1.14 bits per heavy atom. The normalized spacial score (nSPS) is 10.3. The fraction of sp³-hybridized carbons (Fsp3) is 0.571. The number of rotatable bonds is 4. The number of halogens is 1. The summed E-state index contributed by atoms with van der Waals surface area (Å²) >= 11 is 5.83. The lowest BCUT2D eigenvalue weighted by Crippen LogP contribution is -2.10. The number of benzene rings is 2. The summed E-state index contributed by atoms with van der Waals surface area (Å²) in [7, 11) is 0. The van der Waals surface area contributed by atoms with Gasteiger partial charge in [-0.2, -0.15) is 0 Å². The van der Waals surface area contributed by atoms with Crippen molar-refractivity contribution >= 4 is 11.6 Å². The minimum atomic E-state index is 0.274. The topological polar surface area (TPSA) is 0 Å². The maximum Gasteiger partial charge on any atom is 0.0408 e. The molecule has 0 nitrogen and oxygen atoms in total. The van der Waals surface area contributed by atoms with E-state index in [1.807, 2.05) is 45.9 Å². The van der Waals surface area contributed by atoms with Crippen molar-refractivity contribution in [3.8, 4) is 0 Å². The molecule has 0 heterocycles. The van der Waals surface area contributed by atoms with E-state index in [1.165, 1.54) is 23.1 Å². The first kappa shape index (κ1) is 29.9. The van der Waals surface area contributed by atoms with Gasteiger partial charge in [0.25, 0.3) is 0 Å². The monoisotopic (exact) mass is 418 g/mol. The van der Waals surface area contributed by atoms with Gasteiger partial charge in [0.15, 0.2) is 0 Å². The van der Waals surface area contributed by atoms with Crippen LogP contribution in [0.1, 0.15) is 92.9 Å². The van der Waals surface area contributed by atoms with Crippen LogP contribution in [0, 0.1) is 11.8 Å². The molecule has 29 heavy (non-hydrogen) atoms. The number of hydrogen-bond acceptors (Lipinski definition) is 0. The van der Waals surface area contributed by atoms with E-state index in [4.69, 9.17) is 11.6 Å². The third-order valence-electron chi connectivity index (χ3n) is 4.00. The molecule has 166 valence electrons. The maximum atomic E-state index is 5.83. The summed E-state index contributed by atoms with van der Waals surface area (Å²) in [5, 5.41) is 0.836. The third kappa shape index (κ3) is 15.3. The van der Waals surface area contributed by atoms with Crippen LogP contribution in [0.4, 0.5) is 0 Å². The van der Waals surface area contributed by atoms with Gasteiger partial charge in [-0.1, -0.05) is 124 Å². The van der Waals surface area contributed by atoms with Crippen molar-refractivity contribution in [1.29, 1.82) is 0 Å². The zero-order chi connectivity index (χ0) is 23.0. The lowest BCUT2D eigenvalue weighted by Gasteiger charge is -2.19. The smallest absolute Gasteiger partial charge is 0.0408 e. The first-order valence-electron chi connectivity index (χ1n) is 11.4. The molecule has 0 spiro atoms. The van der Waals surface area contributed by atoms with Gasteiger partial charge in [-0.25, -0.2) is 0 Å². The quantitative estimate of drug-likeness (QED) is 0.463. The molecule has 0 radical (unpaired) electrons. The fourth-order valence-corrected chi connectivity index (χ4v) is 2.96. The molecule has 0 aliphatic heterocycles. The van der Waals surface area contributed by atoms with Gasteiger partial charge in [0.05, 0.1) is 0 Å². The molecular formula is C28H47Cl. The Bertz CT molecular complexity index is 616. The van der Waals surface area contributed by atoms with Crippen LogP contribution in [0.2, 0.25) is 5.02 Å². The molecule has 0 aliphatic rings. The standard InChI is InChI=1S/C14H22.C10H13Cl.2C2H6/c1-11(2)10-12-6-8-13(9-7-12)14(3,4)5;1-8(2)6-9-4-3-5-10(11)7-9;2*1-2/h6-9,11H,10H2,1-5H3;3-5,7-8H,6H2,1-2H3;2*1-2H3. The first-order chi connectivity index (χ1) is 13.6. The van der Waals surface area contributed by atoms with Crippen LogP contribution in [0.25, 0.3) is 0 Å². The van der Waals surface area contributed by atoms with E-state index >= 15 is 0 Å². The zero-order valence-electron chi connectivity index (χ0n) is 21.1. The van der Waals surface area contributed by atoms with Crippen LogP contribution in [0.3, 0.4) is 0 Å². The minimum Gasteiger partial charge on any atom is -0.0843 e. The molecule has 0 aromatic heterocycles. The van der Waals surface area contributed by atoms with Gasteiger partial charge in [-0.05, 0) is 58.9 Å². The summed E-state index contributed by atoms with van der Waals surface area (Å²) in [5.41, 5.74) is 4.47. The highest BCUT2D eigenvalue weighted by atomic mass is 35.5. The largest absolute Gasteiger partial charge is 0.0843 e. The molecule has 0 amide bonds. The predicted molar refractivity (Wildman–Crippen MR) is 136 cm³/mol. The second-order valence-electron chi connectivity index (χ2n) is 8.77. The molecule has 2 aromatic rings. The fourth-order valence-electron chi connectivity index (χ4n) is 2.75. The van der Waals surface area contributed by atoms with Crippen LogP contribution >= 0.6 is 11.6 Å². The molecule has 2 aromatic carbocycles. The van der Waals surface area contributed by atoms with Crippen molar-refractivity contribution in [2.45, 2.75) is 94.4 Å². The van der Waals surface area contributed by atoms with E-state index in [0.717, 1.165) is 17.4 Å². The Balaban J connectivity index is 0. The summed E-state index contributed by atoms with van der Waals surface area (Å²) in [6.45, 7) is 23.7. The van der Waals surface area contributed by atoms with Crippen LogP contribution in [-0.4, -0.2) is 0 Å². The maximum absolute atomic E-state index is 5.83. The van der Waals surface area contributed by atoms with Crippen LogP contribution in [0.5, 0.6) is 0 Å². The molecule has 0 N–H and O–H groups in total. The van der Waals surface area contributed by atoms with Crippen LogP contribution in [-0.2, 0) is 18.3 Å². The second kappa shape index (κ2) is 16.5. The van der Waals surface area contributed by atoms with E-state index in [-0.39, 0.29) is 5.41 Å². The molecule has 1 heteroatoms. The molecule has 0 saturated heterocycles. The Morgan fingerprint density at radius 1 is 0.690 bits per heavy atom. The van der Waals surface area contributed by atoms with E-state index in [1.54, 1.807) is 0 Å². The summed E-state index contributed by atoms with van der Waals surface area (Å²) in [6, 6.07) is 17.1. The van der Waals surface area contributed by atoms with Gasteiger partial charge in [0, 0.05) is 5.02 Å². The van der Waals surface area contributed by atoms with E-state index in [2.05, 4.69) is 78.8 Å². The minimum absolute atomic E-state index is 0.274. The van der Waals surface area contributed by atoms with Gasteiger partial charge in [-0.3, -0.25) is 0 Å². The first-order valence-corrected chi connectivity index (χ1v) is 11.8. The van der Waals surface area contributed by atoms with Crippen molar-refractivity contribution in [1.82, 2.24) is 0 Å². The summed E-state index contributed by atoms with van der Waals surface area (Å²) in [4.78, 5) is 0. The van der Waals surface area contributed by atoms with Crippen molar-refractivity contribution in [2.75, 3.05) is 0 Å². The van der Waals surface area contributed by atoms with Crippen LogP contribution in [0.15, 0.2) is 48.5 Å². The van der Waals surface area contributed by atoms with Gasteiger partial charge in [-0.15, -0.1) is 0 Å². The predicted octanol–water partition coefficient (Wildman–Crippen LogP) is 9.77. The molecule has 0 atom stereocenters. The van der Waals surface area contributed by atoms with Gasteiger partial charge in [0.1, 0.15) is 0 Å². The molecule has 0 bridgehead atoms. The van der Waals surface area contributed by atoms with E-state index in [0.29, 0.717) is 5.92 Å². The zero-order valence-corrected chi connectivity index (χ0v) is 21.8. The Kier molecular flexibility index (Phi) is 17.0. The average Bonchev–Trinajstić information content (AvgIpc) is 2.64. The Morgan fingerprint density at radius 3 is 1.52 bits per heavy atom. The molecule has 0 unspecified atom stereocenters. The van der Waals surface area contributed by atoms with Crippen molar-refractivity contribution < 1.29 is 0 Å². The lowest BCUT2D eigenvalue weighted by molar-refractivity contribution is 0.589. The van der Waals surface area contributed by atoms with Gasteiger partial charge < -0.3 is 0 Å². The Hall–Kier alpha value is -1.27. The second-order valence-corrected chi connectivity index (χ2v) is 9.21. The number of hydrogen-bond donors (Lipinski definition) is 0. The summed E-state index contributed by atoms with van der Waals surface area (Å²) < 4.78 is 0. The molecular weight excluding hydrogens is 372 g/mol. The highest BCUT2D eigenvalue weighted by Crippen LogP contribution is 2.22. The highest BCUT2D eigenvalue weighted by Gasteiger charge is 2.12. The van der Waals surface area contributed by atoms with Crippen molar-refractivity contribution in [3.05, 3.63) is 70.2 Å². The highest BCUT2D eigenvalue weighted by molar-refractivity contribution is 6.30. The molecule has 0 saturated carbocycles.